The molecule has 0 N–H and O–H groups in total. The molecule has 0 aliphatic carbocycles. The summed E-state index contributed by atoms with van der Waals surface area (Å²) in [5, 5.41) is 3.27. The van der Waals surface area contributed by atoms with Gasteiger partial charge in [0.2, 0.25) is 0 Å². The Balaban J connectivity index is 1.85. The maximum absolute atomic E-state index is 11.2. The average Bonchev–Trinajstić information content (AvgIpc) is 2.53. The number of benzene rings is 2. The van der Waals surface area contributed by atoms with E-state index in [9.17, 15) is 4.91 Å². The van der Waals surface area contributed by atoms with Crippen molar-refractivity contribution in [3.63, 3.8) is 0 Å². The molecule has 1 heterocycles. The van der Waals surface area contributed by atoms with E-state index in [1.54, 1.807) is 23.5 Å². The highest BCUT2D eigenvalue weighted by molar-refractivity contribution is 8.21. The van der Waals surface area contributed by atoms with E-state index in [0.717, 1.165) is 21.3 Å². The van der Waals surface area contributed by atoms with Crippen molar-refractivity contribution in [1.29, 1.82) is 0 Å². The van der Waals surface area contributed by atoms with Gasteiger partial charge in [-0.15, -0.1) is 28.4 Å². The van der Waals surface area contributed by atoms with Gasteiger partial charge in [-0.3, -0.25) is 0 Å². The van der Waals surface area contributed by atoms with E-state index >= 15 is 0 Å². The Morgan fingerprint density at radius 3 is 2.60 bits per heavy atom. The van der Waals surface area contributed by atoms with Crippen molar-refractivity contribution in [2.45, 2.75) is 11.5 Å². The van der Waals surface area contributed by atoms with Crippen LogP contribution >= 0.6 is 23.5 Å². The van der Waals surface area contributed by atoms with E-state index in [4.69, 9.17) is 0 Å². The lowest BCUT2D eigenvalue weighted by atomic mass is 10.1. The summed E-state index contributed by atoms with van der Waals surface area (Å²) >= 11 is 3.40. The van der Waals surface area contributed by atoms with E-state index in [0.29, 0.717) is 5.70 Å². The molecule has 0 atom stereocenters. The lowest BCUT2D eigenvalue weighted by molar-refractivity contribution is 1.33. The molecule has 20 heavy (non-hydrogen) atoms. The molecule has 0 unspecified atom stereocenters. The second-order valence-corrected chi connectivity index (χ2v) is 6.68. The first-order chi connectivity index (χ1) is 9.88. The molecular weight excluding hydrogens is 286 g/mol. The third kappa shape index (κ3) is 2.81. The number of nitrogens with zero attached hydrogens (tertiary/aromatic N) is 1. The second-order valence-electron chi connectivity index (χ2n) is 4.45. The normalized spacial score (nSPS) is 14.0. The van der Waals surface area contributed by atoms with E-state index in [-0.39, 0.29) is 0 Å². The maximum Gasteiger partial charge on any atom is 0.135 e. The molecular formula is C16H13NOS2. The first-order valence-electron chi connectivity index (χ1n) is 6.34. The molecule has 0 saturated carbocycles. The van der Waals surface area contributed by atoms with Crippen molar-refractivity contribution in [3.05, 3.63) is 80.4 Å². The first-order valence-corrected chi connectivity index (χ1v) is 8.31. The van der Waals surface area contributed by atoms with Crippen molar-refractivity contribution < 1.29 is 0 Å². The molecule has 0 bridgehead atoms. The van der Waals surface area contributed by atoms with Gasteiger partial charge in [0, 0.05) is 17.1 Å². The van der Waals surface area contributed by atoms with E-state index in [2.05, 4.69) is 23.4 Å². The standard InChI is InChI=1S/C16H13NOS2/c18-17-15-14-9-5-4-8-13(14)11-20-16(15)19-10-12-6-2-1-3-7-12/h1-9H,10-11H2. The molecule has 2 aromatic carbocycles. The minimum atomic E-state index is 0.595. The third-order valence-electron chi connectivity index (χ3n) is 3.13. The van der Waals surface area contributed by atoms with Crippen LogP contribution in [0.15, 0.2) is 64.0 Å². The van der Waals surface area contributed by atoms with Crippen molar-refractivity contribution in [3.8, 4) is 0 Å². The van der Waals surface area contributed by atoms with E-state index in [1.807, 2.05) is 36.4 Å². The van der Waals surface area contributed by atoms with Gasteiger partial charge >= 0.3 is 0 Å². The summed E-state index contributed by atoms with van der Waals surface area (Å²) in [7, 11) is 0. The first kappa shape index (κ1) is 13.5. The lowest BCUT2D eigenvalue weighted by Crippen LogP contribution is -1.98. The number of thioether (sulfide) groups is 2. The zero-order chi connectivity index (χ0) is 13.8. The summed E-state index contributed by atoms with van der Waals surface area (Å²) in [5.41, 5.74) is 4.03. The Kier molecular flexibility index (Phi) is 4.23. The fourth-order valence-electron chi connectivity index (χ4n) is 2.12. The molecule has 1 aliphatic rings. The lowest BCUT2D eigenvalue weighted by Gasteiger charge is -2.18. The molecule has 0 radical (unpaired) electrons. The number of hydrogen-bond acceptors (Lipinski definition) is 4. The minimum Gasteiger partial charge on any atom is -0.145 e. The molecule has 0 amide bonds. The molecule has 0 aromatic heterocycles. The SMILES string of the molecule is O=NC1=C(SCc2ccccc2)SCc2ccccc21. The topological polar surface area (TPSA) is 29.4 Å². The van der Waals surface area contributed by atoms with Crippen molar-refractivity contribution in [1.82, 2.24) is 0 Å². The van der Waals surface area contributed by atoms with Gasteiger partial charge in [0.05, 0.1) is 4.24 Å². The van der Waals surface area contributed by atoms with Crippen molar-refractivity contribution in [2.75, 3.05) is 0 Å². The summed E-state index contributed by atoms with van der Waals surface area (Å²) in [5.74, 6) is 1.77. The zero-order valence-electron chi connectivity index (χ0n) is 10.8. The highest BCUT2D eigenvalue weighted by Crippen LogP contribution is 2.44. The molecule has 4 heteroatoms. The van der Waals surface area contributed by atoms with Crippen LogP contribution in [0.25, 0.3) is 5.70 Å². The fraction of sp³-hybridized carbons (Fsp3) is 0.125. The molecule has 1 aliphatic heterocycles. The predicted octanol–water partition coefficient (Wildman–Crippen LogP) is 5.26. The number of nitroso groups, excluding NO2 is 1. The zero-order valence-corrected chi connectivity index (χ0v) is 12.4. The van der Waals surface area contributed by atoms with Crippen LogP contribution in [0, 0.1) is 4.91 Å². The number of hydrogen-bond donors (Lipinski definition) is 0. The Hall–Kier alpha value is -1.52. The van der Waals surface area contributed by atoms with Gasteiger partial charge in [-0.2, -0.15) is 0 Å². The summed E-state index contributed by atoms with van der Waals surface area (Å²) in [6, 6.07) is 18.3. The van der Waals surface area contributed by atoms with Gasteiger partial charge < -0.3 is 0 Å². The largest absolute Gasteiger partial charge is 0.145 e. The van der Waals surface area contributed by atoms with Crippen LogP contribution in [0.1, 0.15) is 16.7 Å². The minimum absolute atomic E-state index is 0.595. The third-order valence-corrected chi connectivity index (χ3v) is 5.68. The van der Waals surface area contributed by atoms with Gasteiger partial charge in [0.15, 0.2) is 0 Å². The second kappa shape index (κ2) is 6.29. The van der Waals surface area contributed by atoms with Crippen LogP contribution in [0.4, 0.5) is 0 Å². The van der Waals surface area contributed by atoms with Crippen LogP contribution in [0.5, 0.6) is 0 Å². The summed E-state index contributed by atoms with van der Waals surface area (Å²) < 4.78 is 1.03. The Bertz CT molecular complexity index is 653. The van der Waals surface area contributed by atoms with Gasteiger partial charge in [-0.1, -0.05) is 54.6 Å². The van der Waals surface area contributed by atoms with Crippen molar-refractivity contribution >= 4 is 29.2 Å². The Labute approximate surface area is 126 Å². The number of fused-ring (bicyclic) bond motifs is 1. The van der Waals surface area contributed by atoms with Gasteiger partial charge in [0.1, 0.15) is 5.70 Å². The van der Waals surface area contributed by atoms with Gasteiger partial charge in [0.25, 0.3) is 0 Å². The van der Waals surface area contributed by atoms with Gasteiger partial charge in [-0.25, -0.2) is 0 Å². The van der Waals surface area contributed by atoms with E-state index in [1.165, 1.54) is 11.1 Å². The monoisotopic (exact) mass is 299 g/mol. The van der Waals surface area contributed by atoms with Crippen LogP contribution in [0.3, 0.4) is 0 Å². The quantitative estimate of drug-likeness (QED) is 0.721. The van der Waals surface area contributed by atoms with Crippen LogP contribution in [0.2, 0.25) is 0 Å². The Morgan fingerprint density at radius 1 is 1.05 bits per heavy atom. The molecule has 2 nitrogen and oxygen atoms in total. The molecule has 0 spiro atoms. The van der Waals surface area contributed by atoms with Crippen LogP contribution < -0.4 is 0 Å². The highest BCUT2D eigenvalue weighted by Gasteiger charge is 2.20. The molecule has 0 fully saturated rings. The van der Waals surface area contributed by atoms with E-state index < -0.39 is 0 Å². The van der Waals surface area contributed by atoms with Crippen LogP contribution in [-0.2, 0) is 11.5 Å². The molecule has 2 aromatic rings. The Morgan fingerprint density at radius 2 is 1.80 bits per heavy atom. The predicted molar refractivity (Wildman–Crippen MR) is 88.2 cm³/mol. The van der Waals surface area contributed by atoms with Gasteiger partial charge in [-0.05, 0) is 16.3 Å². The fourth-order valence-corrected chi connectivity index (χ4v) is 4.40. The summed E-state index contributed by atoms with van der Waals surface area (Å²) in [6.07, 6.45) is 0. The molecule has 3 rings (SSSR count). The average molecular weight is 299 g/mol. The van der Waals surface area contributed by atoms with Crippen molar-refractivity contribution in [2.24, 2.45) is 5.18 Å². The number of rotatable bonds is 4. The smallest absolute Gasteiger partial charge is 0.135 e. The summed E-state index contributed by atoms with van der Waals surface area (Å²) in [4.78, 5) is 11.2. The highest BCUT2D eigenvalue weighted by atomic mass is 32.2. The maximum atomic E-state index is 11.2. The summed E-state index contributed by atoms with van der Waals surface area (Å²) in [6.45, 7) is 0. The molecule has 0 saturated heterocycles. The molecule has 100 valence electrons. The van der Waals surface area contributed by atoms with Crippen LogP contribution in [-0.4, -0.2) is 0 Å².